The van der Waals surface area contributed by atoms with E-state index in [0.29, 0.717) is 25.6 Å². The average Bonchev–Trinajstić information content (AvgIpc) is 2.81. The fraction of sp³-hybridized carbons (Fsp3) is 0.867. The first-order chi connectivity index (χ1) is 10.2. The van der Waals surface area contributed by atoms with E-state index < -0.39 is 17.1 Å². The number of nitrogens with one attached hydrogen (secondary N) is 1. The van der Waals surface area contributed by atoms with Crippen LogP contribution in [0.2, 0.25) is 0 Å². The van der Waals surface area contributed by atoms with Gasteiger partial charge in [-0.25, -0.2) is 4.79 Å². The standard InChI is InChI=1S/C15H26N2O5/c1-14(2,3)22-13(20)17-9-15(10-17,6-12(18)19)16-7-11-4-5-21-8-11/h11,16H,4-10H2,1-3H3,(H,18,19). The Bertz CT molecular complexity index is 420. The number of carbonyl (C=O) groups excluding carboxylic acids is 1. The lowest BCUT2D eigenvalue weighted by Crippen LogP contribution is -2.71. The van der Waals surface area contributed by atoms with Crippen LogP contribution in [-0.4, -0.2) is 66.1 Å². The topological polar surface area (TPSA) is 88.1 Å². The van der Waals surface area contributed by atoms with Crippen LogP contribution in [-0.2, 0) is 14.3 Å². The van der Waals surface area contributed by atoms with Crippen LogP contribution in [0.15, 0.2) is 0 Å². The number of hydrogen-bond donors (Lipinski definition) is 2. The number of likely N-dealkylation sites (tertiary alicyclic amines) is 1. The molecule has 0 aromatic carbocycles. The van der Waals surface area contributed by atoms with Crippen LogP contribution in [0.25, 0.3) is 0 Å². The van der Waals surface area contributed by atoms with Gasteiger partial charge in [0, 0.05) is 26.2 Å². The maximum atomic E-state index is 12.0. The van der Waals surface area contributed by atoms with Crippen molar-refractivity contribution in [3.05, 3.63) is 0 Å². The first-order valence-electron chi connectivity index (χ1n) is 7.72. The van der Waals surface area contributed by atoms with Crippen LogP contribution in [0.1, 0.15) is 33.6 Å². The Balaban J connectivity index is 1.86. The number of ether oxygens (including phenoxy) is 2. The van der Waals surface area contributed by atoms with Gasteiger partial charge in [0.15, 0.2) is 0 Å². The number of carbonyl (C=O) groups is 2. The molecular weight excluding hydrogens is 288 g/mol. The van der Waals surface area contributed by atoms with Crippen molar-refractivity contribution in [2.45, 2.75) is 44.8 Å². The second-order valence-electron chi connectivity index (χ2n) is 7.30. The normalized spacial score (nSPS) is 24.0. The Morgan fingerprint density at radius 1 is 1.41 bits per heavy atom. The van der Waals surface area contributed by atoms with Crippen LogP contribution in [0.4, 0.5) is 4.79 Å². The highest BCUT2D eigenvalue weighted by atomic mass is 16.6. The van der Waals surface area contributed by atoms with Crippen molar-refractivity contribution in [2.75, 3.05) is 32.8 Å². The highest BCUT2D eigenvalue weighted by Gasteiger charge is 2.47. The molecule has 0 aliphatic carbocycles. The molecule has 2 aliphatic heterocycles. The quantitative estimate of drug-likeness (QED) is 0.789. The number of carboxylic acids is 1. The zero-order valence-electron chi connectivity index (χ0n) is 13.6. The Kier molecular flexibility index (Phi) is 4.97. The number of carboxylic acid groups (broad SMARTS) is 1. The molecule has 2 saturated heterocycles. The third-order valence-corrected chi connectivity index (χ3v) is 3.92. The van der Waals surface area contributed by atoms with Crippen molar-refractivity contribution in [3.63, 3.8) is 0 Å². The molecule has 0 bridgehead atoms. The molecule has 2 rings (SSSR count). The summed E-state index contributed by atoms with van der Waals surface area (Å²) in [7, 11) is 0. The van der Waals surface area contributed by atoms with Crippen molar-refractivity contribution in [1.29, 1.82) is 0 Å². The smallest absolute Gasteiger partial charge is 0.410 e. The molecule has 7 nitrogen and oxygen atoms in total. The van der Waals surface area contributed by atoms with Gasteiger partial charge in [-0.2, -0.15) is 0 Å². The zero-order valence-corrected chi connectivity index (χ0v) is 13.6. The monoisotopic (exact) mass is 314 g/mol. The van der Waals surface area contributed by atoms with Gasteiger partial charge in [0.25, 0.3) is 0 Å². The molecule has 2 heterocycles. The Morgan fingerprint density at radius 3 is 2.59 bits per heavy atom. The average molecular weight is 314 g/mol. The van der Waals surface area contributed by atoms with Crippen LogP contribution >= 0.6 is 0 Å². The molecule has 1 atom stereocenters. The number of hydrogen-bond acceptors (Lipinski definition) is 5. The van der Waals surface area contributed by atoms with Crippen molar-refractivity contribution in [3.8, 4) is 0 Å². The number of rotatable bonds is 5. The van der Waals surface area contributed by atoms with Gasteiger partial charge < -0.3 is 24.8 Å². The lowest BCUT2D eigenvalue weighted by Gasteiger charge is -2.50. The summed E-state index contributed by atoms with van der Waals surface area (Å²) < 4.78 is 10.6. The molecule has 0 aromatic heterocycles. The first-order valence-corrected chi connectivity index (χ1v) is 7.72. The fourth-order valence-electron chi connectivity index (χ4n) is 2.82. The van der Waals surface area contributed by atoms with Crippen molar-refractivity contribution >= 4 is 12.1 Å². The number of amides is 1. The molecule has 1 amide bonds. The Morgan fingerprint density at radius 2 is 2.09 bits per heavy atom. The van der Waals surface area contributed by atoms with E-state index in [2.05, 4.69) is 5.32 Å². The number of aliphatic carboxylic acids is 1. The fourth-order valence-corrected chi connectivity index (χ4v) is 2.82. The summed E-state index contributed by atoms with van der Waals surface area (Å²) in [6.07, 6.45) is 0.603. The summed E-state index contributed by atoms with van der Waals surface area (Å²) in [5, 5.41) is 12.5. The van der Waals surface area contributed by atoms with Gasteiger partial charge in [0.05, 0.1) is 18.6 Å². The van der Waals surface area contributed by atoms with Gasteiger partial charge in [-0.3, -0.25) is 4.79 Å². The van der Waals surface area contributed by atoms with E-state index in [0.717, 1.165) is 19.6 Å². The molecule has 0 spiro atoms. The summed E-state index contributed by atoms with van der Waals surface area (Å²) in [5.41, 5.74) is -1.10. The van der Waals surface area contributed by atoms with Crippen LogP contribution < -0.4 is 5.32 Å². The molecular formula is C15H26N2O5. The minimum atomic E-state index is -0.862. The van der Waals surface area contributed by atoms with E-state index in [1.165, 1.54) is 0 Å². The molecule has 1 unspecified atom stereocenters. The third kappa shape index (κ3) is 4.58. The predicted molar refractivity (Wildman–Crippen MR) is 79.7 cm³/mol. The Hall–Kier alpha value is -1.34. The molecule has 0 radical (unpaired) electrons. The summed E-state index contributed by atoms with van der Waals surface area (Å²) >= 11 is 0. The van der Waals surface area contributed by atoms with E-state index in [1.807, 2.05) is 20.8 Å². The zero-order chi connectivity index (χ0) is 16.4. The summed E-state index contributed by atoms with van der Waals surface area (Å²) in [6, 6.07) is 0. The molecule has 2 fully saturated rings. The highest BCUT2D eigenvalue weighted by Crippen LogP contribution is 2.27. The van der Waals surface area contributed by atoms with Gasteiger partial charge in [-0.05, 0) is 33.1 Å². The van der Waals surface area contributed by atoms with Gasteiger partial charge in [0.1, 0.15) is 5.60 Å². The second kappa shape index (κ2) is 6.42. The molecule has 7 heteroatoms. The van der Waals surface area contributed by atoms with Crippen LogP contribution in [0.3, 0.4) is 0 Å². The first kappa shape index (κ1) is 17.0. The second-order valence-corrected chi connectivity index (χ2v) is 7.30. The highest BCUT2D eigenvalue weighted by molar-refractivity contribution is 5.73. The van der Waals surface area contributed by atoms with E-state index in [4.69, 9.17) is 14.6 Å². The lowest BCUT2D eigenvalue weighted by atomic mass is 9.86. The predicted octanol–water partition coefficient (Wildman–Crippen LogP) is 1.08. The summed E-state index contributed by atoms with van der Waals surface area (Å²) in [5.74, 6) is -0.444. The van der Waals surface area contributed by atoms with Gasteiger partial charge in [-0.1, -0.05) is 0 Å². The molecule has 0 saturated carbocycles. The van der Waals surface area contributed by atoms with Crippen LogP contribution in [0, 0.1) is 5.92 Å². The van der Waals surface area contributed by atoms with Gasteiger partial charge in [-0.15, -0.1) is 0 Å². The van der Waals surface area contributed by atoms with Crippen molar-refractivity contribution in [2.24, 2.45) is 5.92 Å². The molecule has 0 aromatic rings. The molecule has 2 aliphatic rings. The largest absolute Gasteiger partial charge is 0.481 e. The van der Waals surface area contributed by atoms with E-state index in [9.17, 15) is 9.59 Å². The van der Waals surface area contributed by atoms with E-state index in [1.54, 1.807) is 4.90 Å². The summed E-state index contributed by atoms with van der Waals surface area (Å²) in [6.45, 7) is 8.36. The minimum Gasteiger partial charge on any atom is -0.481 e. The van der Waals surface area contributed by atoms with E-state index in [-0.39, 0.29) is 12.5 Å². The van der Waals surface area contributed by atoms with Gasteiger partial charge >= 0.3 is 12.1 Å². The van der Waals surface area contributed by atoms with Crippen LogP contribution in [0.5, 0.6) is 0 Å². The maximum Gasteiger partial charge on any atom is 0.410 e. The Labute approximate surface area is 130 Å². The third-order valence-electron chi connectivity index (χ3n) is 3.92. The summed E-state index contributed by atoms with van der Waals surface area (Å²) in [4.78, 5) is 24.6. The van der Waals surface area contributed by atoms with Gasteiger partial charge in [0.2, 0.25) is 0 Å². The molecule has 22 heavy (non-hydrogen) atoms. The number of nitrogens with zero attached hydrogens (tertiary/aromatic N) is 1. The minimum absolute atomic E-state index is 0.000124. The molecule has 126 valence electrons. The van der Waals surface area contributed by atoms with Crippen molar-refractivity contribution in [1.82, 2.24) is 10.2 Å². The van der Waals surface area contributed by atoms with Crippen molar-refractivity contribution < 1.29 is 24.2 Å². The van der Waals surface area contributed by atoms with E-state index >= 15 is 0 Å². The molecule has 2 N–H and O–H groups in total. The SMILES string of the molecule is CC(C)(C)OC(=O)N1CC(CC(=O)O)(NCC2CCOC2)C1. The maximum absolute atomic E-state index is 12.0. The lowest BCUT2D eigenvalue weighted by molar-refractivity contribution is -0.141.